The number of methoxy groups -OCH3 is 1. The number of nitrogens with zero attached hydrogens (tertiary/aromatic N) is 2. The molecule has 1 aromatic carbocycles. The third kappa shape index (κ3) is 3.62. The Morgan fingerprint density at radius 2 is 1.85 bits per heavy atom. The third-order valence-corrected chi connectivity index (χ3v) is 2.33. The lowest BCUT2D eigenvalue weighted by Gasteiger charge is -2.06. The van der Waals surface area contributed by atoms with E-state index in [0.717, 1.165) is 0 Å². The maximum Gasteiger partial charge on any atom is 0.292 e. The molecule has 0 aliphatic carbocycles. The SMILES string of the molecule is COCC(=O)Nc1ccc(NC(=O)c2ncn[nH]2)cc1. The van der Waals surface area contributed by atoms with Crippen molar-refractivity contribution in [1.29, 1.82) is 0 Å². The van der Waals surface area contributed by atoms with Crippen molar-refractivity contribution in [3.63, 3.8) is 0 Å². The second-order valence-electron chi connectivity index (χ2n) is 3.85. The largest absolute Gasteiger partial charge is 0.375 e. The summed E-state index contributed by atoms with van der Waals surface area (Å²) in [6.07, 6.45) is 1.25. The molecule has 20 heavy (non-hydrogen) atoms. The van der Waals surface area contributed by atoms with Gasteiger partial charge in [0, 0.05) is 18.5 Å². The topological polar surface area (TPSA) is 109 Å². The van der Waals surface area contributed by atoms with Gasteiger partial charge in [-0.25, -0.2) is 4.98 Å². The predicted molar refractivity (Wildman–Crippen MR) is 71.3 cm³/mol. The summed E-state index contributed by atoms with van der Waals surface area (Å²) in [5, 5.41) is 11.3. The Bertz CT molecular complexity index is 580. The highest BCUT2D eigenvalue weighted by molar-refractivity contribution is 6.01. The van der Waals surface area contributed by atoms with Gasteiger partial charge in [-0.2, -0.15) is 5.10 Å². The van der Waals surface area contributed by atoms with Crippen LogP contribution in [0.2, 0.25) is 0 Å². The molecular formula is C12H13N5O3. The average molecular weight is 275 g/mol. The van der Waals surface area contributed by atoms with Crippen molar-refractivity contribution in [2.75, 3.05) is 24.4 Å². The third-order valence-electron chi connectivity index (χ3n) is 2.33. The number of ether oxygens (including phenoxy) is 1. The molecule has 104 valence electrons. The number of carbonyl (C=O) groups is 2. The van der Waals surface area contributed by atoms with Gasteiger partial charge in [-0.3, -0.25) is 14.7 Å². The first kappa shape index (κ1) is 13.7. The molecule has 0 radical (unpaired) electrons. The first-order chi connectivity index (χ1) is 9.69. The molecule has 8 nitrogen and oxygen atoms in total. The highest BCUT2D eigenvalue weighted by Crippen LogP contribution is 2.14. The number of hydrogen-bond donors (Lipinski definition) is 3. The van der Waals surface area contributed by atoms with E-state index in [1.54, 1.807) is 24.3 Å². The van der Waals surface area contributed by atoms with Crippen LogP contribution in [-0.2, 0) is 9.53 Å². The summed E-state index contributed by atoms with van der Waals surface area (Å²) in [4.78, 5) is 26.7. The molecule has 1 heterocycles. The molecule has 0 aliphatic heterocycles. The highest BCUT2D eigenvalue weighted by atomic mass is 16.5. The number of nitrogens with one attached hydrogen (secondary N) is 3. The van der Waals surface area contributed by atoms with Crippen LogP contribution in [0.1, 0.15) is 10.6 Å². The highest BCUT2D eigenvalue weighted by Gasteiger charge is 2.08. The van der Waals surface area contributed by atoms with Crippen LogP contribution in [-0.4, -0.2) is 40.7 Å². The van der Waals surface area contributed by atoms with Crippen LogP contribution in [0.15, 0.2) is 30.6 Å². The van der Waals surface area contributed by atoms with Crippen molar-refractivity contribution in [2.24, 2.45) is 0 Å². The van der Waals surface area contributed by atoms with Gasteiger partial charge < -0.3 is 15.4 Å². The number of aromatic nitrogens is 3. The van der Waals surface area contributed by atoms with E-state index in [9.17, 15) is 9.59 Å². The fourth-order valence-electron chi connectivity index (χ4n) is 1.47. The van der Waals surface area contributed by atoms with Crippen molar-refractivity contribution >= 4 is 23.2 Å². The number of H-pyrrole nitrogens is 1. The van der Waals surface area contributed by atoms with Crippen LogP contribution >= 0.6 is 0 Å². The summed E-state index contributed by atoms with van der Waals surface area (Å²) in [7, 11) is 1.45. The van der Waals surface area contributed by atoms with Crippen molar-refractivity contribution in [1.82, 2.24) is 15.2 Å². The lowest BCUT2D eigenvalue weighted by Crippen LogP contribution is -2.17. The van der Waals surface area contributed by atoms with E-state index in [2.05, 4.69) is 25.8 Å². The maximum atomic E-state index is 11.7. The zero-order valence-electron chi connectivity index (χ0n) is 10.7. The molecule has 1 aromatic heterocycles. The Hall–Kier alpha value is -2.74. The number of amides is 2. The quantitative estimate of drug-likeness (QED) is 0.742. The zero-order valence-corrected chi connectivity index (χ0v) is 10.7. The first-order valence-corrected chi connectivity index (χ1v) is 5.74. The number of anilines is 2. The number of benzene rings is 1. The van der Waals surface area contributed by atoms with Gasteiger partial charge >= 0.3 is 0 Å². The number of rotatable bonds is 5. The van der Waals surface area contributed by atoms with E-state index >= 15 is 0 Å². The van der Waals surface area contributed by atoms with Gasteiger partial charge in [-0.15, -0.1) is 0 Å². The minimum atomic E-state index is -0.390. The fourth-order valence-corrected chi connectivity index (χ4v) is 1.47. The average Bonchev–Trinajstić information content (AvgIpc) is 2.95. The molecular weight excluding hydrogens is 262 g/mol. The number of hydrogen-bond acceptors (Lipinski definition) is 5. The molecule has 0 atom stereocenters. The minimum Gasteiger partial charge on any atom is -0.375 e. The smallest absolute Gasteiger partial charge is 0.292 e. The van der Waals surface area contributed by atoms with Crippen LogP contribution < -0.4 is 10.6 Å². The Balaban J connectivity index is 1.95. The van der Waals surface area contributed by atoms with Gasteiger partial charge in [-0.05, 0) is 24.3 Å². The van der Waals surface area contributed by atoms with Crippen molar-refractivity contribution in [3.8, 4) is 0 Å². The van der Waals surface area contributed by atoms with Crippen molar-refractivity contribution < 1.29 is 14.3 Å². The van der Waals surface area contributed by atoms with Crippen LogP contribution in [0.25, 0.3) is 0 Å². The summed E-state index contributed by atoms with van der Waals surface area (Å²) in [6.45, 7) is -0.00994. The van der Waals surface area contributed by atoms with Crippen molar-refractivity contribution in [3.05, 3.63) is 36.4 Å². The summed E-state index contributed by atoms with van der Waals surface area (Å²) in [5.41, 5.74) is 1.20. The van der Waals surface area contributed by atoms with Gasteiger partial charge in [0.15, 0.2) is 0 Å². The van der Waals surface area contributed by atoms with Crippen LogP contribution in [0, 0.1) is 0 Å². The van der Waals surface area contributed by atoms with Gasteiger partial charge in [0.1, 0.15) is 12.9 Å². The molecule has 0 bridgehead atoms. The van der Waals surface area contributed by atoms with E-state index < -0.39 is 5.91 Å². The second kappa shape index (κ2) is 6.43. The normalized spacial score (nSPS) is 10.1. The lowest BCUT2D eigenvalue weighted by molar-refractivity contribution is -0.119. The van der Waals surface area contributed by atoms with Gasteiger partial charge in [0.25, 0.3) is 5.91 Å². The van der Waals surface area contributed by atoms with E-state index in [4.69, 9.17) is 4.74 Å². The Labute approximate surface area is 114 Å². The fraction of sp³-hybridized carbons (Fsp3) is 0.167. The summed E-state index contributed by atoms with van der Waals surface area (Å²) in [5.74, 6) is -0.507. The molecule has 0 fully saturated rings. The van der Waals surface area contributed by atoms with E-state index in [1.165, 1.54) is 13.4 Å². The number of carbonyl (C=O) groups excluding carboxylic acids is 2. The molecule has 0 aliphatic rings. The second-order valence-corrected chi connectivity index (χ2v) is 3.85. The zero-order chi connectivity index (χ0) is 14.4. The predicted octanol–water partition coefficient (Wildman–Crippen LogP) is 0.642. The summed E-state index contributed by atoms with van der Waals surface area (Å²) in [6, 6.07) is 6.67. The number of aromatic amines is 1. The molecule has 0 saturated carbocycles. The van der Waals surface area contributed by atoms with Gasteiger partial charge in [-0.1, -0.05) is 0 Å². The lowest BCUT2D eigenvalue weighted by atomic mass is 10.2. The van der Waals surface area contributed by atoms with Gasteiger partial charge in [0.05, 0.1) is 0 Å². The van der Waals surface area contributed by atoms with Crippen LogP contribution in [0.3, 0.4) is 0 Å². The monoisotopic (exact) mass is 275 g/mol. The van der Waals surface area contributed by atoms with Crippen LogP contribution in [0.5, 0.6) is 0 Å². The van der Waals surface area contributed by atoms with E-state index in [-0.39, 0.29) is 18.3 Å². The Morgan fingerprint density at radius 1 is 1.20 bits per heavy atom. The summed E-state index contributed by atoms with van der Waals surface area (Å²) >= 11 is 0. The molecule has 2 rings (SSSR count). The Kier molecular flexibility index (Phi) is 4.40. The molecule has 3 N–H and O–H groups in total. The van der Waals surface area contributed by atoms with E-state index in [0.29, 0.717) is 11.4 Å². The molecule has 0 unspecified atom stereocenters. The van der Waals surface area contributed by atoms with Crippen LogP contribution in [0.4, 0.5) is 11.4 Å². The minimum absolute atomic E-state index is 0.00994. The van der Waals surface area contributed by atoms with E-state index in [1.807, 2.05) is 0 Å². The maximum absolute atomic E-state index is 11.7. The standard InChI is InChI=1S/C12H13N5O3/c1-20-6-10(18)15-8-2-4-9(5-3-8)16-12(19)11-13-7-14-17-11/h2-5,7H,6H2,1H3,(H,15,18)(H,16,19)(H,13,14,17). The molecule has 2 amide bonds. The molecule has 8 heteroatoms. The van der Waals surface area contributed by atoms with Gasteiger partial charge in [0.2, 0.25) is 11.7 Å². The molecule has 0 spiro atoms. The molecule has 2 aromatic rings. The molecule has 0 saturated heterocycles. The summed E-state index contributed by atoms with van der Waals surface area (Å²) < 4.78 is 4.71. The first-order valence-electron chi connectivity index (χ1n) is 5.74. The Morgan fingerprint density at radius 3 is 2.40 bits per heavy atom. The van der Waals surface area contributed by atoms with Crippen molar-refractivity contribution in [2.45, 2.75) is 0 Å².